The molecule has 0 aliphatic rings. The molecule has 0 bridgehead atoms. The fourth-order valence-corrected chi connectivity index (χ4v) is 3.29. The van der Waals surface area contributed by atoms with E-state index in [0.29, 0.717) is 5.69 Å². The normalized spacial score (nSPS) is 10.9. The third-order valence-electron chi connectivity index (χ3n) is 2.72. The lowest BCUT2D eigenvalue weighted by atomic mass is 10.2. The molecule has 0 fully saturated rings. The summed E-state index contributed by atoms with van der Waals surface area (Å²) >= 11 is 8.41. The number of fused-ring (bicyclic) bond motifs is 1. The summed E-state index contributed by atoms with van der Waals surface area (Å²) in [6.45, 7) is 0. The summed E-state index contributed by atoms with van der Waals surface area (Å²) < 4.78 is 1.96. The van der Waals surface area contributed by atoms with Crippen LogP contribution in [-0.4, -0.2) is 9.97 Å². The Hall–Kier alpha value is -1.11. The van der Waals surface area contributed by atoms with Gasteiger partial charge in [-0.15, -0.1) is 0 Å². The SMILES string of the molecule is Nc1cnc2ccc(Br)cc2c1Sc1ccc(Br)cn1. The zero-order valence-corrected chi connectivity index (χ0v) is 14.2. The zero-order valence-electron chi connectivity index (χ0n) is 10.2. The highest BCUT2D eigenvalue weighted by Gasteiger charge is 2.10. The van der Waals surface area contributed by atoms with Gasteiger partial charge in [-0.3, -0.25) is 4.98 Å². The van der Waals surface area contributed by atoms with Gasteiger partial charge in [0, 0.05) is 25.4 Å². The van der Waals surface area contributed by atoms with Gasteiger partial charge in [-0.05, 0) is 46.3 Å². The second kappa shape index (κ2) is 5.71. The van der Waals surface area contributed by atoms with Gasteiger partial charge in [0.25, 0.3) is 0 Å². The van der Waals surface area contributed by atoms with Crippen molar-refractivity contribution in [2.45, 2.75) is 9.92 Å². The highest BCUT2D eigenvalue weighted by atomic mass is 79.9. The maximum Gasteiger partial charge on any atom is 0.101 e. The van der Waals surface area contributed by atoms with Crippen LogP contribution in [0.15, 0.2) is 61.6 Å². The first kappa shape index (κ1) is 13.9. The van der Waals surface area contributed by atoms with Gasteiger partial charge in [-0.2, -0.15) is 0 Å². The van der Waals surface area contributed by atoms with Crippen molar-refractivity contribution in [3.05, 3.63) is 51.7 Å². The van der Waals surface area contributed by atoms with Crippen molar-refractivity contribution in [2.24, 2.45) is 0 Å². The Labute approximate surface area is 137 Å². The smallest absolute Gasteiger partial charge is 0.101 e. The van der Waals surface area contributed by atoms with Crippen LogP contribution in [0.3, 0.4) is 0 Å². The van der Waals surface area contributed by atoms with E-state index in [-0.39, 0.29) is 0 Å². The Morgan fingerprint density at radius 1 is 0.950 bits per heavy atom. The number of rotatable bonds is 2. The van der Waals surface area contributed by atoms with Crippen LogP contribution in [0.5, 0.6) is 0 Å². The molecule has 0 aliphatic heterocycles. The fourth-order valence-electron chi connectivity index (χ4n) is 1.80. The van der Waals surface area contributed by atoms with Gasteiger partial charge >= 0.3 is 0 Å². The minimum atomic E-state index is 0.658. The minimum absolute atomic E-state index is 0.658. The summed E-state index contributed by atoms with van der Waals surface area (Å²) in [6.07, 6.45) is 3.47. The maximum atomic E-state index is 6.08. The first-order valence-electron chi connectivity index (χ1n) is 5.76. The van der Waals surface area contributed by atoms with E-state index in [1.54, 1.807) is 24.2 Å². The van der Waals surface area contributed by atoms with Gasteiger partial charge in [0.1, 0.15) is 5.03 Å². The van der Waals surface area contributed by atoms with Gasteiger partial charge in [-0.1, -0.05) is 27.7 Å². The third kappa shape index (κ3) is 2.82. The number of anilines is 1. The van der Waals surface area contributed by atoms with Gasteiger partial charge < -0.3 is 5.73 Å². The van der Waals surface area contributed by atoms with Crippen LogP contribution in [0.25, 0.3) is 10.9 Å². The quantitative estimate of drug-likeness (QED) is 0.653. The lowest BCUT2D eigenvalue weighted by Crippen LogP contribution is -1.93. The summed E-state index contributed by atoms with van der Waals surface area (Å²) in [4.78, 5) is 9.70. The Kier molecular flexibility index (Phi) is 3.96. The van der Waals surface area contributed by atoms with Gasteiger partial charge in [-0.25, -0.2) is 4.98 Å². The summed E-state index contributed by atoms with van der Waals surface area (Å²) in [7, 11) is 0. The molecule has 3 rings (SSSR count). The maximum absolute atomic E-state index is 6.08. The summed E-state index contributed by atoms with van der Waals surface area (Å²) in [5, 5.41) is 1.92. The lowest BCUT2D eigenvalue weighted by molar-refractivity contribution is 1.12. The molecule has 0 saturated carbocycles. The molecule has 0 amide bonds. The molecule has 2 aromatic heterocycles. The molecule has 0 radical (unpaired) electrons. The number of benzene rings is 1. The van der Waals surface area contributed by atoms with Crippen molar-refractivity contribution < 1.29 is 0 Å². The first-order valence-corrected chi connectivity index (χ1v) is 8.17. The largest absolute Gasteiger partial charge is 0.397 e. The fraction of sp³-hybridized carbons (Fsp3) is 0. The molecule has 0 spiro atoms. The number of nitrogens with two attached hydrogens (primary N) is 1. The van der Waals surface area contributed by atoms with Gasteiger partial charge in [0.05, 0.1) is 17.4 Å². The molecule has 1 aromatic carbocycles. The third-order valence-corrected chi connectivity index (χ3v) is 4.79. The average Bonchev–Trinajstić information content (AvgIpc) is 2.44. The Bertz CT molecular complexity index is 770. The lowest BCUT2D eigenvalue weighted by Gasteiger charge is -2.09. The zero-order chi connectivity index (χ0) is 14.1. The van der Waals surface area contributed by atoms with E-state index < -0.39 is 0 Å². The number of nitrogens with zero attached hydrogens (tertiary/aromatic N) is 2. The van der Waals surface area contributed by atoms with Crippen LogP contribution < -0.4 is 5.73 Å². The van der Waals surface area contributed by atoms with Crippen molar-refractivity contribution in [1.82, 2.24) is 9.97 Å². The molecule has 20 heavy (non-hydrogen) atoms. The van der Waals surface area contributed by atoms with Crippen LogP contribution in [0.2, 0.25) is 0 Å². The number of halogens is 2. The van der Waals surface area contributed by atoms with Crippen molar-refractivity contribution >= 4 is 60.2 Å². The van der Waals surface area contributed by atoms with Crippen molar-refractivity contribution in [1.29, 1.82) is 0 Å². The average molecular weight is 411 g/mol. The Morgan fingerprint density at radius 3 is 2.50 bits per heavy atom. The van der Waals surface area contributed by atoms with Crippen LogP contribution >= 0.6 is 43.6 Å². The molecule has 0 aliphatic carbocycles. The van der Waals surface area contributed by atoms with Crippen LogP contribution in [-0.2, 0) is 0 Å². The van der Waals surface area contributed by atoms with E-state index in [1.807, 2.05) is 30.3 Å². The van der Waals surface area contributed by atoms with Crippen LogP contribution in [0.1, 0.15) is 0 Å². The molecular weight excluding hydrogens is 402 g/mol. The van der Waals surface area contributed by atoms with E-state index in [2.05, 4.69) is 41.8 Å². The molecular formula is C14H9Br2N3S. The van der Waals surface area contributed by atoms with E-state index in [9.17, 15) is 0 Å². The summed E-state index contributed by atoms with van der Waals surface area (Å²) in [5.74, 6) is 0. The number of hydrogen-bond donors (Lipinski definition) is 1. The predicted molar refractivity (Wildman–Crippen MR) is 89.9 cm³/mol. The highest BCUT2D eigenvalue weighted by Crippen LogP contribution is 2.37. The molecule has 3 nitrogen and oxygen atoms in total. The molecule has 2 N–H and O–H groups in total. The summed E-state index contributed by atoms with van der Waals surface area (Å²) in [5.41, 5.74) is 7.66. The van der Waals surface area contributed by atoms with Crippen molar-refractivity contribution in [3.8, 4) is 0 Å². The second-order valence-corrected chi connectivity index (χ2v) is 6.98. The first-order chi connectivity index (χ1) is 9.63. The molecule has 100 valence electrons. The molecule has 0 atom stereocenters. The summed E-state index contributed by atoms with van der Waals surface area (Å²) in [6, 6.07) is 9.89. The van der Waals surface area contributed by atoms with E-state index in [0.717, 1.165) is 29.8 Å². The number of pyridine rings is 2. The standard InChI is InChI=1S/C14H9Br2N3S/c15-8-1-3-12-10(5-8)14(11(17)7-18-12)20-13-4-2-9(16)6-19-13/h1-7H,17H2. The van der Waals surface area contributed by atoms with Crippen molar-refractivity contribution in [3.63, 3.8) is 0 Å². The molecule has 0 saturated heterocycles. The van der Waals surface area contributed by atoms with Crippen LogP contribution in [0.4, 0.5) is 5.69 Å². The van der Waals surface area contributed by atoms with Crippen molar-refractivity contribution in [2.75, 3.05) is 5.73 Å². The number of hydrogen-bond acceptors (Lipinski definition) is 4. The number of aromatic nitrogens is 2. The topological polar surface area (TPSA) is 51.8 Å². The van der Waals surface area contributed by atoms with Gasteiger partial charge in [0.15, 0.2) is 0 Å². The molecule has 0 unspecified atom stereocenters. The van der Waals surface area contributed by atoms with E-state index >= 15 is 0 Å². The molecule has 6 heteroatoms. The van der Waals surface area contributed by atoms with E-state index in [1.165, 1.54) is 0 Å². The molecule has 3 aromatic rings. The number of nitrogen functional groups attached to an aromatic ring is 1. The van der Waals surface area contributed by atoms with E-state index in [4.69, 9.17) is 5.73 Å². The molecule has 2 heterocycles. The Morgan fingerprint density at radius 2 is 1.75 bits per heavy atom. The highest BCUT2D eigenvalue weighted by molar-refractivity contribution is 9.10. The second-order valence-electron chi connectivity index (χ2n) is 4.12. The minimum Gasteiger partial charge on any atom is -0.397 e. The van der Waals surface area contributed by atoms with Crippen LogP contribution in [0, 0.1) is 0 Å². The Balaban J connectivity index is 2.12. The van der Waals surface area contributed by atoms with Gasteiger partial charge in [0.2, 0.25) is 0 Å². The monoisotopic (exact) mass is 409 g/mol. The predicted octanol–water partition coefficient (Wildman–Crippen LogP) is 4.89.